The van der Waals surface area contributed by atoms with Crippen LogP contribution in [0.1, 0.15) is 22.3 Å². The zero-order valence-corrected chi connectivity index (χ0v) is 8.81. The van der Waals surface area contributed by atoms with Crippen LogP contribution in [0.4, 0.5) is 8.78 Å². The van der Waals surface area contributed by atoms with Crippen molar-refractivity contribution in [2.24, 2.45) is 0 Å². The minimum absolute atomic E-state index is 0.150. The van der Waals surface area contributed by atoms with Crippen LogP contribution in [0.5, 0.6) is 0 Å². The van der Waals surface area contributed by atoms with Crippen LogP contribution in [0.3, 0.4) is 0 Å². The van der Waals surface area contributed by atoms with Crippen LogP contribution >= 0.6 is 27.5 Å². The van der Waals surface area contributed by atoms with Gasteiger partial charge >= 0.3 is 5.97 Å². The largest absolute Gasteiger partial charge is 0.478 e. The van der Waals surface area contributed by atoms with E-state index in [1.807, 2.05) is 0 Å². The van der Waals surface area contributed by atoms with Crippen molar-refractivity contribution < 1.29 is 18.7 Å². The summed E-state index contributed by atoms with van der Waals surface area (Å²) in [6.45, 7) is 0. The van der Waals surface area contributed by atoms with E-state index in [1.165, 1.54) is 0 Å². The lowest BCUT2D eigenvalue weighted by molar-refractivity contribution is 0.0696. The normalized spacial score (nSPS) is 10.6. The second kappa shape index (κ2) is 4.18. The Balaban J connectivity index is 3.34. The average molecular weight is 286 g/mol. The van der Waals surface area contributed by atoms with E-state index in [4.69, 9.17) is 16.7 Å². The topological polar surface area (TPSA) is 50.2 Å². The SMILES string of the molecule is O=C(O)c1cc(C(F)F)c(Br)nc1Cl. The average Bonchev–Trinajstić information content (AvgIpc) is 2.02. The van der Waals surface area contributed by atoms with Crippen molar-refractivity contribution in [1.29, 1.82) is 0 Å². The van der Waals surface area contributed by atoms with Gasteiger partial charge in [0.1, 0.15) is 9.76 Å². The number of carboxylic acids is 1. The van der Waals surface area contributed by atoms with Crippen molar-refractivity contribution in [1.82, 2.24) is 4.98 Å². The van der Waals surface area contributed by atoms with Gasteiger partial charge in [0.15, 0.2) is 0 Å². The molecule has 3 nitrogen and oxygen atoms in total. The van der Waals surface area contributed by atoms with Crippen LogP contribution in [-0.2, 0) is 0 Å². The van der Waals surface area contributed by atoms with Gasteiger partial charge in [0.05, 0.1) is 11.1 Å². The smallest absolute Gasteiger partial charge is 0.338 e. The van der Waals surface area contributed by atoms with Gasteiger partial charge in [0, 0.05) is 0 Å². The lowest BCUT2D eigenvalue weighted by Gasteiger charge is -2.05. The maximum atomic E-state index is 12.3. The van der Waals surface area contributed by atoms with Crippen LogP contribution in [0, 0.1) is 0 Å². The molecule has 0 spiro atoms. The standard InChI is InChI=1S/C7H3BrClF2NO2/c8-4-2(6(10)11)1-3(7(13)14)5(9)12-4/h1,6H,(H,13,14). The Hall–Kier alpha value is -0.750. The van der Waals surface area contributed by atoms with Crippen molar-refractivity contribution in [3.63, 3.8) is 0 Å². The van der Waals surface area contributed by atoms with E-state index in [9.17, 15) is 13.6 Å². The Bertz CT molecular complexity index is 386. The third-order valence-electron chi connectivity index (χ3n) is 1.42. The Morgan fingerprint density at radius 3 is 2.64 bits per heavy atom. The predicted molar refractivity (Wildman–Crippen MR) is 48.9 cm³/mol. The number of hydrogen-bond acceptors (Lipinski definition) is 2. The Labute approximate surface area is 90.8 Å². The molecule has 1 aromatic heterocycles. The maximum absolute atomic E-state index is 12.3. The quantitative estimate of drug-likeness (QED) is 0.850. The lowest BCUT2D eigenvalue weighted by atomic mass is 10.2. The molecule has 0 atom stereocenters. The maximum Gasteiger partial charge on any atom is 0.338 e. The summed E-state index contributed by atoms with van der Waals surface area (Å²) in [5, 5.41) is 8.25. The molecule has 0 amide bonds. The molecule has 0 bridgehead atoms. The summed E-state index contributed by atoms with van der Waals surface area (Å²) < 4.78 is 24.4. The van der Waals surface area contributed by atoms with Crippen LogP contribution in [-0.4, -0.2) is 16.1 Å². The first-order chi connectivity index (χ1) is 6.43. The molecule has 1 N–H and O–H groups in total. The van der Waals surface area contributed by atoms with Crippen molar-refractivity contribution in [2.45, 2.75) is 6.43 Å². The number of alkyl halides is 2. The first kappa shape index (κ1) is 11.3. The molecule has 14 heavy (non-hydrogen) atoms. The van der Waals surface area contributed by atoms with E-state index in [0.717, 1.165) is 6.07 Å². The summed E-state index contributed by atoms with van der Waals surface area (Å²) in [6, 6.07) is 0.798. The van der Waals surface area contributed by atoms with Gasteiger partial charge in [0.25, 0.3) is 6.43 Å². The van der Waals surface area contributed by atoms with Gasteiger partial charge in [-0.05, 0) is 22.0 Å². The molecule has 1 aromatic rings. The van der Waals surface area contributed by atoms with Gasteiger partial charge in [-0.25, -0.2) is 18.6 Å². The fourth-order valence-corrected chi connectivity index (χ4v) is 1.58. The van der Waals surface area contributed by atoms with Crippen LogP contribution < -0.4 is 0 Å². The Kier molecular flexibility index (Phi) is 3.38. The Morgan fingerprint density at radius 1 is 1.64 bits per heavy atom. The molecule has 76 valence electrons. The van der Waals surface area contributed by atoms with Crippen LogP contribution in [0.2, 0.25) is 5.15 Å². The van der Waals surface area contributed by atoms with Gasteiger partial charge in [-0.3, -0.25) is 0 Å². The van der Waals surface area contributed by atoms with E-state index < -0.39 is 23.5 Å². The van der Waals surface area contributed by atoms with Crippen LogP contribution in [0.15, 0.2) is 10.7 Å². The van der Waals surface area contributed by atoms with Crippen molar-refractivity contribution >= 4 is 33.5 Å². The molecule has 0 aliphatic heterocycles. The van der Waals surface area contributed by atoms with Gasteiger partial charge < -0.3 is 5.11 Å². The van der Waals surface area contributed by atoms with E-state index in [0.29, 0.717) is 0 Å². The molecule has 0 aliphatic carbocycles. The number of halogens is 4. The van der Waals surface area contributed by atoms with Crippen LogP contribution in [0.25, 0.3) is 0 Å². The fraction of sp³-hybridized carbons (Fsp3) is 0.143. The number of carbonyl (C=O) groups is 1. The highest BCUT2D eigenvalue weighted by atomic mass is 79.9. The molecule has 0 unspecified atom stereocenters. The molecule has 1 rings (SSSR count). The first-order valence-corrected chi connectivity index (χ1v) is 4.48. The molecule has 0 radical (unpaired) electrons. The lowest BCUT2D eigenvalue weighted by Crippen LogP contribution is -2.02. The summed E-state index contributed by atoms with van der Waals surface area (Å²) >= 11 is 8.20. The zero-order chi connectivity index (χ0) is 10.9. The number of pyridine rings is 1. The van der Waals surface area contributed by atoms with Gasteiger partial charge in [-0.15, -0.1) is 0 Å². The second-order valence-corrected chi connectivity index (χ2v) is 3.42. The summed E-state index contributed by atoms with van der Waals surface area (Å²) in [5.74, 6) is -1.39. The van der Waals surface area contributed by atoms with Gasteiger partial charge in [-0.2, -0.15) is 0 Å². The number of carboxylic acid groups (broad SMARTS) is 1. The number of rotatable bonds is 2. The van der Waals surface area contributed by atoms with E-state index in [1.54, 1.807) is 0 Å². The van der Waals surface area contributed by atoms with E-state index >= 15 is 0 Å². The number of hydrogen-bond donors (Lipinski definition) is 1. The molecule has 0 aliphatic rings. The third kappa shape index (κ3) is 2.19. The number of aromatic carboxylic acids is 1. The number of nitrogens with zero attached hydrogens (tertiary/aromatic N) is 1. The predicted octanol–water partition coefficient (Wildman–Crippen LogP) is 3.13. The third-order valence-corrected chi connectivity index (χ3v) is 2.35. The van der Waals surface area contributed by atoms with Crippen molar-refractivity contribution in [3.8, 4) is 0 Å². The Morgan fingerprint density at radius 2 is 2.21 bits per heavy atom. The molecular weight excluding hydrogens is 283 g/mol. The summed E-state index contributed by atoms with van der Waals surface area (Å²) in [7, 11) is 0. The molecular formula is C7H3BrClF2NO2. The second-order valence-electron chi connectivity index (χ2n) is 2.31. The van der Waals surface area contributed by atoms with Gasteiger partial charge in [0.2, 0.25) is 0 Å². The van der Waals surface area contributed by atoms with E-state index in [-0.39, 0.29) is 9.76 Å². The highest BCUT2D eigenvalue weighted by Crippen LogP contribution is 2.29. The molecule has 0 fully saturated rings. The minimum atomic E-state index is -2.80. The minimum Gasteiger partial charge on any atom is -0.478 e. The van der Waals surface area contributed by atoms with Gasteiger partial charge in [-0.1, -0.05) is 11.6 Å². The summed E-state index contributed by atoms with van der Waals surface area (Å²) in [4.78, 5) is 14.0. The molecule has 7 heteroatoms. The molecule has 0 saturated heterocycles. The molecule has 1 heterocycles. The molecule has 0 saturated carbocycles. The monoisotopic (exact) mass is 285 g/mol. The fourth-order valence-electron chi connectivity index (χ4n) is 0.789. The highest BCUT2D eigenvalue weighted by molar-refractivity contribution is 9.10. The van der Waals surface area contributed by atoms with Crippen molar-refractivity contribution in [2.75, 3.05) is 0 Å². The number of aromatic nitrogens is 1. The zero-order valence-electron chi connectivity index (χ0n) is 6.47. The highest BCUT2D eigenvalue weighted by Gasteiger charge is 2.19. The van der Waals surface area contributed by atoms with Crippen molar-refractivity contribution in [3.05, 3.63) is 26.9 Å². The summed E-state index contributed by atoms with van der Waals surface area (Å²) in [5.41, 5.74) is -0.933. The molecule has 0 aromatic carbocycles. The summed E-state index contributed by atoms with van der Waals surface area (Å²) in [6.07, 6.45) is -2.80. The van der Waals surface area contributed by atoms with E-state index in [2.05, 4.69) is 20.9 Å². The first-order valence-electron chi connectivity index (χ1n) is 3.31.